The SMILES string of the molecule is CCCCCCCCCCCC(=O)C([C]=O)(CCCCCCCCCC)C(=O)c1ccccc1. The maximum atomic E-state index is 13.4. The number of unbranched alkanes of at least 4 members (excludes halogenated alkanes) is 15. The molecule has 0 aliphatic rings. The third-order valence-corrected chi connectivity index (χ3v) is 6.99. The molecule has 0 aliphatic carbocycles. The Morgan fingerprint density at radius 3 is 1.56 bits per heavy atom. The van der Waals surface area contributed by atoms with Gasteiger partial charge in [-0.3, -0.25) is 14.4 Å². The second kappa shape index (κ2) is 19.5. The summed E-state index contributed by atoms with van der Waals surface area (Å²) in [5, 5.41) is 0. The maximum Gasteiger partial charge on any atom is 0.221 e. The van der Waals surface area contributed by atoms with Gasteiger partial charge in [0.05, 0.1) is 0 Å². The first-order chi connectivity index (χ1) is 16.6. The van der Waals surface area contributed by atoms with Crippen molar-refractivity contribution in [2.75, 3.05) is 0 Å². The molecule has 0 aliphatic heterocycles. The minimum Gasteiger partial charge on any atom is -0.298 e. The molecule has 0 spiro atoms. The number of hydrogen-bond donors (Lipinski definition) is 0. The van der Waals surface area contributed by atoms with Crippen LogP contribution in [0.25, 0.3) is 0 Å². The van der Waals surface area contributed by atoms with Crippen LogP contribution >= 0.6 is 0 Å². The van der Waals surface area contributed by atoms with E-state index in [0.717, 1.165) is 32.1 Å². The molecule has 0 fully saturated rings. The maximum absolute atomic E-state index is 13.4. The highest BCUT2D eigenvalue weighted by atomic mass is 16.2. The van der Waals surface area contributed by atoms with Gasteiger partial charge in [0.15, 0.2) is 17.0 Å². The molecule has 0 amide bonds. The number of carbonyl (C=O) groups excluding carboxylic acids is 3. The van der Waals surface area contributed by atoms with Crippen molar-refractivity contribution in [3.63, 3.8) is 0 Å². The molecule has 34 heavy (non-hydrogen) atoms. The molecule has 1 radical (unpaired) electrons. The standard InChI is InChI=1S/C31H49O3/c1-3-5-7-9-11-13-14-16-21-25-29(33)31(27-32,30(34)28-23-19-18-20-24-28)26-22-17-15-12-10-8-6-4-2/h18-20,23-24H,3-17,21-22,25-26H2,1-2H3. The summed E-state index contributed by atoms with van der Waals surface area (Å²) in [6.45, 7) is 4.44. The van der Waals surface area contributed by atoms with Crippen LogP contribution < -0.4 is 0 Å². The van der Waals surface area contributed by atoms with Gasteiger partial charge in [-0.1, -0.05) is 147 Å². The van der Waals surface area contributed by atoms with Crippen LogP contribution in [-0.4, -0.2) is 17.9 Å². The first kappa shape index (κ1) is 30.3. The largest absolute Gasteiger partial charge is 0.298 e. The summed E-state index contributed by atoms with van der Waals surface area (Å²) >= 11 is 0. The summed E-state index contributed by atoms with van der Waals surface area (Å²) < 4.78 is 0. The predicted molar refractivity (Wildman–Crippen MR) is 143 cm³/mol. The molecule has 1 aromatic rings. The second-order valence-electron chi connectivity index (χ2n) is 9.93. The van der Waals surface area contributed by atoms with Crippen molar-refractivity contribution in [3.8, 4) is 0 Å². The van der Waals surface area contributed by atoms with E-state index in [4.69, 9.17) is 0 Å². The highest BCUT2D eigenvalue weighted by molar-refractivity contribution is 6.24. The van der Waals surface area contributed by atoms with E-state index in [0.29, 0.717) is 18.4 Å². The number of Topliss-reactive ketones (excluding diaryl/α,β-unsaturated/α-hetero) is 2. The Morgan fingerprint density at radius 1 is 0.647 bits per heavy atom. The molecule has 3 heteroatoms. The zero-order valence-corrected chi connectivity index (χ0v) is 22.0. The van der Waals surface area contributed by atoms with Crippen LogP contribution in [0.2, 0.25) is 0 Å². The molecule has 0 N–H and O–H groups in total. The van der Waals surface area contributed by atoms with Crippen LogP contribution in [-0.2, 0) is 9.59 Å². The highest BCUT2D eigenvalue weighted by Crippen LogP contribution is 2.31. The second-order valence-corrected chi connectivity index (χ2v) is 9.93. The summed E-state index contributed by atoms with van der Waals surface area (Å²) in [5.74, 6) is -0.603. The monoisotopic (exact) mass is 469 g/mol. The van der Waals surface area contributed by atoms with Crippen LogP contribution in [0.4, 0.5) is 0 Å². The lowest BCUT2D eigenvalue weighted by Gasteiger charge is -2.25. The molecule has 1 aromatic carbocycles. The van der Waals surface area contributed by atoms with Gasteiger partial charge in [0.1, 0.15) is 0 Å². The van der Waals surface area contributed by atoms with Crippen molar-refractivity contribution >= 4 is 17.9 Å². The van der Waals surface area contributed by atoms with E-state index < -0.39 is 5.41 Å². The Hall–Kier alpha value is -1.77. The smallest absolute Gasteiger partial charge is 0.221 e. The van der Waals surface area contributed by atoms with Gasteiger partial charge in [-0.15, -0.1) is 0 Å². The lowest BCUT2D eigenvalue weighted by atomic mass is 9.72. The van der Waals surface area contributed by atoms with E-state index >= 15 is 0 Å². The molecule has 1 rings (SSSR count). The molecule has 3 nitrogen and oxygen atoms in total. The molecule has 1 atom stereocenters. The fourth-order valence-corrected chi connectivity index (χ4v) is 4.70. The average Bonchev–Trinajstić information content (AvgIpc) is 2.87. The number of rotatable bonds is 23. The van der Waals surface area contributed by atoms with E-state index in [2.05, 4.69) is 13.8 Å². The van der Waals surface area contributed by atoms with Gasteiger partial charge < -0.3 is 0 Å². The van der Waals surface area contributed by atoms with Crippen molar-refractivity contribution in [2.45, 2.75) is 136 Å². The first-order valence-corrected chi connectivity index (χ1v) is 14.1. The molecular weight excluding hydrogens is 420 g/mol. The summed E-state index contributed by atoms with van der Waals surface area (Å²) in [6.07, 6.45) is 22.0. The topological polar surface area (TPSA) is 51.2 Å². The van der Waals surface area contributed by atoms with Crippen molar-refractivity contribution in [1.82, 2.24) is 0 Å². The van der Waals surface area contributed by atoms with Crippen molar-refractivity contribution in [3.05, 3.63) is 35.9 Å². The highest BCUT2D eigenvalue weighted by Gasteiger charge is 2.45. The number of ketones is 2. The summed E-state index contributed by atoms with van der Waals surface area (Å²) in [4.78, 5) is 38.8. The van der Waals surface area contributed by atoms with Crippen LogP contribution in [0.15, 0.2) is 30.3 Å². The van der Waals surface area contributed by atoms with E-state index in [-0.39, 0.29) is 18.0 Å². The van der Waals surface area contributed by atoms with Crippen LogP contribution in [0.3, 0.4) is 0 Å². The Morgan fingerprint density at radius 2 is 1.09 bits per heavy atom. The Balaban J connectivity index is 2.59. The Kier molecular flexibility index (Phi) is 17.4. The summed E-state index contributed by atoms with van der Waals surface area (Å²) in [7, 11) is 0. The quantitative estimate of drug-likeness (QED) is 0.0912. The normalized spacial score (nSPS) is 12.9. The fourth-order valence-electron chi connectivity index (χ4n) is 4.70. The van der Waals surface area contributed by atoms with Crippen molar-refractivity contribution in [2.24, 2.45) is 5.41 Å². The van der Waals surface area contributed by atoms with Gasteiger partial charge in [-0.05, 0) is 12.8 Å². The average molecular weight is 470 g/mol. The van der Waals surface area contributed by atoms with Gasteiger partial charge in [0, 0.05) is 12.0 Å². The molecule has 0 saturated heterocycles. The summed E-state index contributed by atoms with van der Waals surface area (Å²) in [5.41, 5.74) is -1.20. The number of benzene rings is 1. The lowest BCUT2D eigenvalue weighted by molar-refractivity contribution is -0.124. The third-order valence-electron chi connectivity index (χ3n) is 6.99. The van der Waals surface area contributed by atoms with Crippen molar-refractivity contribution in [1.29, 1.82) is 0 Å². The summed E-state index contributed by atoms with van der Waals surface area (Å²) in [6, 6.07) is 8.81. The number of carbonyl (C=O) groups is 2. The molecule has 0 aromatic heterocycles. The van der Waals surface area contributed by atoms with Gasteiger partial charge in [0.2, 0.25) is 6.29 Å². The minimum atomic E-state index is -1.64. The lowest BCUT2D eigenvalue weighted by Crippen LogP contribution is -2.41. The third kappa shape index (κ3) is 11.6. The fraction of sp³-hybridized carbons (Fsp3) is 0.710. The Labute approximate surface area is 209 Å². The zero-order chi connectivity index (χ0) is 24.9. The minimum absolute atomic E-state index is 0.234. The van der Waals surface area contributed by atoms with Crippen LogP contribution in [0, 0.1) is 5.41 Å². The molecule has 0 bridgehead atoms. The predicted octanol–water partition coefficient (Wildman–Crippen LogP) is 8.99. The van der Waals surface area contributed by atoms with E-state index in [1.807, 2.05) is 12.4 Å². The molecule has 0 saturated carbocycles. The molecule has 1 unspecified atom stereocenters. The van der Waals surface area contributed by atoms with Crippen molar-refractivity contribution < 1.29 is 14.4 Å². The van der Waals surface area contributed by atoms with Gasteiger partial charge in [0.25, 0.3) is 0 Å². The molecule has 191 valence electrons. The number of hydrogen-bond acceptors (Lipinski definition) is 3. The van der Waals surface area contributed by atoms with E-state index in [1.54, 1.807) is 24.3 Å². The van der Waals surface area contributed by atoms with Crippen LogP contribution in [0.1, 0.15) is 146 Å². The van der Waals surface area contributed by atoms with Gasteiger partial charge in [-0.25, -0.2) is 0 Å². The van der Waals surface area contributed by atoms with Crippen LogP contribution in [0.5, 0.6) is 0 Å². The molecule has 0 heterocycles. The zero-order valence-electron chi connectivity index (χ0n) is 22.0. The molecular formula is C31H49O3. The Bertz CT molecular complexity index is 667. The van der Waals surface area contributed by atoms with E-state index in [1.165, 1.54) is 70.6 Å². The first-order valence-electron chi connectivity index (χ1n) is 14.1. The van der Waals surface area contributed by atoms with Gasteiger partial charge in [-0.2, -0.15) is 0 Å². The van der Waals surface area contributed by atoms with Gasteiger partial charge >= 0.3 is 0 Å². The van der Waals surface area contributed by atoms with E-state index in [9.17, 15) is 14.4 Å².